The first kappa shape index (κ1) is 19.8. The average molecular weight is 395 g/mol. The van der Waals surface area contributed by atoms with Crippen molar-refractivity contribution < 1.29 is 9.90 Å². The molecule has 2 heteroatoms. The molecule has 0 spiro atoms. The maximum Gasteiger partial charge on any atom is 0.133 e. The highest BCUT2D eigenvalue weighted by molar-refractivity contribution is 5.79. The molecular formula is C27H38O2. The minimum Gasteiger partial charge on any atom is -0.385 e. The summed E-state index contributed by atoms with van der Waals surface area (Å²) in [5.74, 6) is 3.67. The molecule has 5 rings (SSSR count). The number of Topliss-reactive ketones (excluding diaryl/α,β-unsaturated/α-hetero) is 1. The molecule has 0 radical (unpaired) electrons. The van der Waals surface area contributed by atoms with Crippen molar-refractivity contribution in [3.05, 3.63) is 35.9 Å². The number of aliphatic hydroxyl groups is 1. The number of carbonyl (C=O) groups excluding carboxylic acids is 1. The fourth-order valence-corrected chi connectivity index (χ4v) is 8.92. The van der Waals surface area contributed by atoms with Crippen molar-refractivity contribution in [1.82, 2.24) is 0 Å². The molecule has 4 aliphatic carbocycles. The molecule has 1 aromatic carbocycles. The van der Waals surface area contributed by atoms with Crippen LogP contribution in [0.2, 0.25) is 0 Å². The molecule has 1 N–H and O–H groups in total. The van der Waals surface area contributed by atoms with Crippen LogP contribution >= 0.6 is 0 Å². The zero-order valence-corrected chi connectivity index (χ0v) is 18.5. The molecule has 29 heavy (non-hydrogen) atoms. The standard InChI is InChI=1S/C27H38O2/c1-18(28)22-11-12-23-21-10-9-20-17-27(29,19-7-5-4-6-8-19)16-15-25(20,2)24(21)13-14-26(22,23)3/h4-8,20-24,29H,9-17H2,1-3H3/t20-,21?,22-,23?,24?,25+,26-,27-/m1/s1. The number of fused-ring (bicyclic) bond motifs is 5. The normalized spacial score (nSPS) is 49.0. The van der Waals surface area contributed by atoms with Gasteiger partial charge >= 0.3 is 0 Å². The number of ketones is 1. The van der Waals surface area contributed by atoms with Gasteiger partial charge in [-0.2, -0.15) is 0 Å². The van der Waals surface area contributed by atoms with Gasteiger partial charge in [-0.25, -0.2) is 0 Å². The number of benzene rings is 1. The van der Waals surface area contributed by atoms with E-state index >= 15 is 0 Å². The lowest BCUT2D eigenvalue weighted by molar-refractivity contribution is -0.155. The first-order chi connectivity index (χ1) is 13.8. The zero-order valence-electron chi connectivity index (χ0n) is 18.5. The minimum atomic E-state index is -0.644. The Morgan fingerprint density at radius 3 is 2.34 bits per heavy atom. The third-order valence-electron chi connectivity index (χ3n) is 10.5. The van der Waals surface area contributed by atoms with Crippen LogP contribution in [0.5, 0.6) is 0 Å². The van der Waals surface area contributed by atoms with Crippen LogP contribution in [0.4, 0.5) is 0 Å². The number of rotatable bonds is 2. The predicted molar refractivity (Wildman–Crippen MR) is 116 cm³/mol. The van der Waals surface area contributed by atoms with Crippen molar-refractivity contribution in [1.29, 1.82) is 0 Å². The predicted octanol–water partition coefficient (Wildman–Crippen LogP) is 6.12. The van der Waals surface area contributed by atoms with E-state index in [1.807, 2.05) is 13.0 Å². The first-order valence-corrected chi connectivity index (χ1v) is 12.1. The Hall–Kier alpha value is -1.15. The third-order valence-corrected chi connectivity index (χ3v) is 10.5. The van der Waals surface area contributed by atoms with Crippen LogP contribution in [0.25, 0.3) is 0 Å². The van der Waals surface area contributed by atoms with E-state index in [2.05, 4.69) is 38.1 Å². The minimum absolute atomic E-state index is 0.246. The molecule has 2 nitrogen and oxygen atoms in total. The summed E-state index contributed by atoms with van der Waals surface area (Å²) in [6.07, 6.45) is 10.4. The molecule has 4 fully saturated rings. The van der Waals surface area contributed by atoms with E-state index in [4.69, 9.17) is 0 Å². The molecule has 0 heterocycles. The van der Waals surface area contributed by atoms with Crippen LogP contribution in [0, 0.1) is 40.4 Å². The summed E-state index contributed by atoms with van der Waals surface area (Å²) >= 11 is 0. The summed E-state index contributed by atoms with van der Waals surface area (Å²) in [4.78, 5) is 12.3. The fraction of sp³-hybridized carbons (Fsp3) is 0.741. The van der Waals surface area contributed by atoms with Gasteiger partial charge in [0.25, 0.3) is 0 Å². The highest BCUT2D eigenvalue weighted by Crippen LogP contribution is 2.68. The Labute approximate surface area is 176 Å². The van der Waals surface area contributed by atoms with Gasteiger partial charge in [0.05, 0.1) is 5.60 Å². The Kier molecular flexibility index (Phi) is 4.55. The second-order valence-corrected chi connectivity index (χ2v) is 11.5. The quantitative estimate of drug-likeness (QED) is 0.656. The van der Waals surface area contributed by atoms with Gasteiger partial charge in [-0.05, 0) is 105 Å². The monoisotopic (exact) mass is 394 g/mol. The van der Waals surface area contributed by atoms with Gasteiger partial charge in [-0.1, -0.05) is 44.2 Å². The summed E-state index contributed by atoms with van der Waals surface area (Å²) in [5, 5.41) is 11.5. The Balaban J connectivity index is 1.40. The van der Waals surface area contributed by atoms with Crippen LogP contribution in [0.1, 0.15) is 84.1 Å². The number of hydrogen-bond donors (Lipinski definition) is 1. The highest BCUT2D eigenvalue weighted by Gasteiger charge is 2.61. The van der Waals surface area contributed by atoms with Crippen molar-refractivity contribution in [3.63, 3.8) is 0 Å². The van der Waals surface area contributed by atoms with Gasteiger partial charge in [0.1, 0.15) is 5.78 Å². The summed E-state index contributed by atoms with van der Waals surface area (Å²) in [6.45, 7) is 6.82. The molecule has 1 aromatic rings. The van der Waals surface area contributed by atoms with E-state index in [9.17, 15) is 9.90 Å². The maximum absolute atomic E-state index is 12.3. The van der Waals surface area contributed by atoms with E-state index in [0.717, 1.165) is 49.0 Å². The molecule has 0 aliphatic heterocycles. The van der Waals surface area contributed by atoms with Crippen LogP contribution < -0.4 is 0 Å². The van der Waals surface area contributed by atoms with Gasteiger partial charge in [-0.15, -0.1) is 0 Å². The zero-order chi connectivity index (χ0) is 20.4. The summed E-state index contributed by atoms with van der Waals surface area (Å²) < 4.78 is 0. The average Bonchev–Trinajstić information content (AvgIpc) is 3.07. The van der Waals surface area contributed by atoms with Crippen molar-refractivity contribution in [2.45, 2.75) is 84.2 Å². The summed E-state index contributed by atoms with van der Waals surface area (Å²) in [7, 11) is 0. The Bertz CT molecular complexity index is 787. The molecular weight excluding hydrogens is 356 g/mol. The lowest BCUT2D eigenvalue weighted by Crippen LogP contribution is -2.55. The molecule has 4 aliphatic rings. The van der Waals surface area contributed by atoms with Crippen LogP contribution in [0.3, 0.4) is 0 Å². The molecule has 0 aromatic heterocycles. The summed E-state index contributed by atoms with van der Waals surface area (Å²) in [6, 6.07) is 10.4. The Morgan fingerprint density at radius 1 is 0.897 bits per heavy atom. The first-order valence-electron chi connectivity index (χ1n) is 12.1. The summed E-state index contributed by atoms with van der Waals surface area (Å²) in [5.41, 5.74) is 1.07. The van der Waals surface area contributed by atoms with Crippen molar-refractivity contribution in [3.8, 4) is 0 Å². The molecule has 4 saturated carbocycles. The lowest BCUT2D eigenvalue weighted by Gasteiger charge is -2.62. The van der Waals surface area contributed by atoms with Gasteiger partial charge in [0.15, 0.2) is 0 Å². The van der Waals surface area contributed by atoms with Crippen LogP contribution in [-0.2, 0) is 10.4 Å². The van der Waals surface area contributed by atoms with E-state index in [-0.39, 0.29) is 5.41 Å². The van der Waals surface area contributed by atoms with Gasteiger partial charge < -0.3 is 5.11 Å². The molecule has 0 saturated heterocycles. The van der Waals surface area contributed by atoms with Crippen LogP contribution in [0.15, 0.2) is 30.3 Å². The molecule has 158 valence electrons. The highest BCUT2D eigenvalue weighted by atomic mass is 16.3. The topological polar surface area (TPSA) is 37.3 Å². The number of hydrogen-bond acceptors (Lipinski definition) is 2. The smallest absolute Gasteiger partial charge is 0.133 e. The fourth-order valence-electron chi connectivity index (χ4n) is 8.92. The SMILES string of the molecule is CC(=O)[C@H]1CCC2C3CC[C@@H]4C[C@@](O)(c5ccccc5)CC[C@]4(C)C3CC[C@@]21C. The maximum atomic E-state index is 12.3. The second kappa shape index (κ2) is 6.67. The van der Waals surface area contributed by atoms with E-state index in [0.29, 0.717) is 23.0 Å². The van der Waals surface area contributed by atoms with Gasteiger partial charge in [-0.3, -0.25) is 4.79 Å². The number of carbonyl (C=O) groups is 1. The van der Waals surface area contributed by atoms with Crippen molar-refractivity contribution >= 4 is 5.78 Å². The molecule has 3 unspecified atom stereocenters. The van der Waals surface area contributed by atoms with E-state index < -0.39 is 5.60 Å². The van der Waals surface area contributed by atoms with E-state index in [1.165, 1.54) is 32.1 Å². The molecule has 0 amide bonds. The molecule has 0 bridgehead atoms. The van der Waals surface area contributed by atoms with Gasteiger partial charge in [0, 0.05) is 5.92 Å². The van der Waals surface area contributed by atoms with Crippen molar-refractivity contribution in [2.75, 3.05) is 0 Å². The lowest BCUT2D eigenvalue weighted by atomic mass is 9.43. The third kappa shape index (κ3) is 2.81. The van der Waals surface area contributed by atoms with Crippen LogP contribution in [-0.4, -0.2) is 10.9 Å². The van der Waals surface area contributed by atoms with Crippen molar-refractivity contribution in [2.24, 2.45) is 40.4 Å². The molecule has 8 atom stereocenters. The second-order valence-electron chi connectivity index (χ2n) is 11.5. The largest absolute Gasteiger partial charge is 0.385 e. The Morgan fingerprint density at radius 2 is 1.62 bits per heavy atom. The van der Waals surface area contributed by atoms with Gasteiger partial charge in [0.2, 0.25) is 0 Å². The van der Waals surface area contributed by atoms with E-state index in [1.54, 1.807) is 0 Å².